The zero-order chi connectivity index (χ0) is 14.0. The molecular formula is C19H32O. The normalized spacial score (nSPS) is 58.6. The fraction of sp³-hybridized carbons (Fsp3) is 1.00. The first kappa shape index (κ1) is 13.6. The van der Waals surface area contributed by atoms with Gasteiger partial charge in [0.05, 0.1) is 6.10 Å². The predicted molar refractivity (Wildman–Crippen MR) is 82.4 cm³/mol. The summed E-state index contributed by atoms with van der Waals surface area (Å²) >= 11 is 0. The molecule has 0 amide bonds. The van der Waals surface area contributed by atoms with Gasteiger partial charge in [0.15, 0.2) is 0 Å². The lowest BCUT2D eigenvalue weighted by molar-refractivity contribution is -0.103. The van der Waals surface area contributed by atoms with Crippen molar-refractivity contribution in [2.24, 2.45) is 34.5 Å². The molecule has 7 atom stereocenters. The van der Waals surface area contributed by atoms with Crippen LogP contribution >= 0.6 is 0 Å². The molecule has 4 fully saturated rings. The van der Waals surface area contributed by atoms with Crippen molar-refractivity contribution in [3.63, 3.8) is 0 Å². The Morgan fingerprint density at radius 1 is 0.900 bits per heavy atom. The van der Waals surface area contributed by atoms with Crippen molar-refractivity contribution < 1.29 is 5.11 Å². The van der Waals surface area contributed by atoms with Crippen LogP contribution in [-0.2, 0) is 0 Å². The van der Waals surface area contributed by atoms with Gasteiger partial charge in [-0.25, -0.2) is 0 Å². The summed E-state index contributed by atoms with van der Waals surface area (Å²) < 4.78 is 0. The maximum Gasteiger partial charge on any atom is 0.0548 e. The van der Waals surface area contributed by atoms with Gasteiger partial charge in [-0.1, -0.05) is 26.7 Å². The minimum Gasteiger partial charge on any atom is -0.393 e. The lowest BCUT2D eigenvalue weighted by Crippen LogP contribution is -2.51. The highest BCUT2D eigenvalue weighted by atomic mass is 16.3. The Labute approximate surface area is 124 Å². The van der Waals surface area contributed by atoms with Gasteiger partial charge in [0.1, 0.15) is 0 Å². The predicted octanol–water partition coefficient (Wildman–Crippen LogP) is 4.78. The van der Waals surface area contributed by atoms with E-state index in [1.165, 1.54) is 51.4 Å². The topological polar surface area (TPSA) is 20.2 Å². The standard InChI is InChI=1S/C19H32O/c1-18-10-8-16-15(17(18)11-14(20)12-18)7-6-13-5-3-4-9-19(13,16)2/h13-17,20H,3-12H2,1-2H3/t13-,14+,15+,16+,17+,18+,19-/m1/s1. The molecule has 0 spiro atoms. The van der Waals surface area contributed by atoms with Crippen molar-refractivity contribution in [3.05, 3.63) is 0 Å². The second-order valence-corrected chi connectivity index (χ2v) is 9.19. The van der Waals surface area contributed by atoms with Crippen molar-refractivity contribution >= 4 is 0 Å². The largest absolute Gasteiger partial charge is 0.393 e. The maximum atomic E-state index is 10.2. The van der Waals surface area contributed by atoms with E-state index < -0.39 is 0 Å². The molecule has 4 aliphatic rings. The van der Waals surface area contributed by atoms with Crippen LogP contribution in [0, 0.1) is 34.5 Å². The minimum absolute atomic E-state index is 0.000588. The highest BCUT2D eigenvalue weighted by Gasteiger charge is 2.58. The molecule has 4 aliphatic carbocycles. The monoisotopic (exact) mass is 276 g/mol. The number of hydrogen-bond acceptors (Lipinski definition) is 1. The molecule has 4 saturated carbocycles. The molecule has 0 aliphatic heterocycles. The lowest BCUT2D eigenvalue weighted by atomic mass is 9.45. The number of hydrogen-bond donors (Lipinski definition) is 1. The first-order chi connectivity index (χ1) is 9.53. The quantitative estimate of drug-likeness (QED) is 0.675. The third-order valence-electron chi connectivity index (χ3n) is 8.33. The van der Waals surface area contributed by atoms with Crippen LogP contribution < -0.4 is 0 Å². The summed E-state index contributed by atoms with van der Waals surface area (Å²) in [6.45, 7) is 5.13. The van der Waals surface area contributed by atoms with Crippen LogP contribution in [0.2, 0.25) is 0 Å². The van der Waals surface area contributed by atoms with E-state index in [4.69, 9.17) is 0 Å². The average Bonchev–Trinajstić information content (AvgIpc) is 2.72. The summed E-state index contributed by atoms with van der Waals surface area (Å²) in [7, 11) is 0. The fourth-order valence-electron chi connectivity index (χ4n) is 7.32. The molecule has 0 bridgehead atoms. The molecule has 4 rings (SSSR count). The Morgan fingerprint density at radius 2 is 1.75 bits per heavy atom. The van der Waals surface area contributed by atoms with Crippen LogP contribution in [0.25, 0.3) is 0 Å². The van der Waals surface area contributed by atoms with Crippen LogP contribution in [0.3, 0.4) is 0 Å². The van der Waals surface area contributed by atoms with E-state index in [1.54, 1.807) is 0 Å². The van der Waals surface area contributed by atoms with E-state index in [0.717, 1.165) is 36.5 Å². The molecule has 1 N–H and O–H groups in total. The molecule has 0 unspecified atom stereocenters. The number of fused-ring (bicyclic) bond motifs is 5. The Kier molecular flexibility index (Phi) is 3.05. The van der Waals surface area contributed by atoms with Crippen molar-refractivity contribution in [2.45, 2.75) is 84.2 Å². The van der Waals surface area contributed by atoms with Crippen molar-refractivity contribution in [1.29, 1.82) is 0 Å². The highest BCUT2D eigenvalue weighted by Crippen LogP contribution is 2.66. The molecule has 0 saturated heterocycles. The molecule has 0 aromatic heterocycles. The van der Waals surface area contributed by atoms with Gasteiger partial charge in [-0.3, -0.25) is 0 Å². The van der Waals surface area contributed by atoms with Crippen LogP contribution in [0.5, 0.6) is 0 Å². The van der Waals surface area contributed by atoms with Gasteiger partial charge in [-0.15, -0.1) is 0 Å². The van der Waals surface area contributed by atoms with Gasteiger partial charge >= 0.3 is 0 Å². The molecule has 0 heterocycles. The molecule has 1 nitrogen and oxygen atoms in total. The van der Waals surface area contributed by atoms with E-state index >= 15 is 0 Å². The van der Waals surface area contributed by atoms with Gasteiger partial charge in [0.25, 0.3) is 0 Å². The van der Waals surface area contributed by atoms with Crippen LogP contribution in [-0.4, -0.2) is 11.2 Å². The summed E-state index contributed by atoms with van der Waals surface area (Å²) in [6.07, 6.45) is 13.9. The van der Waals surface area contributed by atoms with Crippen molar-refractivity contribution in [1.82, 2.24) is 0 Å². The summed E-state index contributed by atoms with van der Waals surface area (Å²) in [4.78, 5) is 0. The second kappa shape index (κ2) is 4.48. The number of aliphatic hydroxyl groups is 1. The molecule has 0 aromatic carbocycles. The lowest BCUT2D eigenvalue weighted by Gasteiger charge is -2.60. The second-order valence-electron chi connectivity index (χ2n) is 9.19. The van der Waals surface area contributed by atoms with Gasteiger partial charge in [-0.05, 0) is 85.9 Å². The fourth-order valence-corrected chi connectivity index (χ4v) is 7.32. The molecule has 114 valence electrons. The third-order valence-corrected chi connectivity index (χ3v) is 8.33. The van der Waals surface area contributed by atoms with Gasteiger partial charge < -0.3 is 5.11 Å². The van der Waals surface area contributed by atoms with E-state index in [1.807, 2.05) is 0 Å². The first-order valence-electron chi connectivity index (χ1n) is 9.21. The van der Waals surface area contributed by atoms with Crippen LogP contribution in [0.15, 0.2) is 0 Å². The number of rotatable bonds is 0. The maximum absolute atomic E-state index is 10.2. The third kappa shape index (κ3) is 1.77. The van der Waals surface area contributed by atoms with E-state index in [9.17, 15) is 5.11 Å². The Hall–Kier alpha value is -0.0400. The first-order valence-corrected chi connectivity index (χ1v) is 9.21. The SMILES string of the molecule is C[C@@]12CC[C@H]3[C@H](CC[C@H]4CCCC[C@]43C)[C@@H]1C[C@H](O)C2. The molecule has 0 aromatic rings. The van der Waals surface area contributed by atoms with Crippen molar-refractivity contribution in [2.75, 3.05) is 0 Å². The van der Waals surface area contributed by atoms with Gasteiger partial charge in [0, 0.05) is 0 Å². The molecule has 0 radical (unpaired) electrons. The van der Waals surface area contributed by atoms with Gasteiger partial charge in [-0.2, -0.15) is 0 Å². The van der Waals surface area contributed by atoms with E-state index in [0.29, 0.717) is 10.8 Å². The Morgan fingerprint density at radius 3 is 2.60 bits per heavy atom. The zero-order valence-corrected chi connectivity index (χ0v) is 13.4. The Bertz CT molecular complexity index is 391. The Balaban J connectivity index is 1.64. The minimum atomic E-state index is 0.000588. The summed E-state index contributed by atoms with van der Waals surface area (Å²) in [6, 6.07) is 0. The average molecular weight is 276 g/mol. The smallest absolute Gasteiger partial charge is 0.0548 e. The summed E-state index contributed by atoms with van der Waals surface area (Å²) in [5.41, 5.74) is 1.12. The van der Waals surface area contributed by atoms with Crippen molar-refractivity contribution in [3.8, 4) is 0 Å². The van der Waals surface area contributed by atoms with Crippen LogP contribution in [0.4, 0.5) is 0 Å². The zero-order valence-electron chi connectivity index (χ0n) is 13.4. The molecular weight excluding hydrogens is 244 g/mol. The van der Waals surface area contributed by atoms with E-state index in [2.05, 4.69) is 13.8 Å². The summed E-state index contributed by atoms with van der Waals surface area (Å²) in [5, 5.41) is 10.2. The molecule has 20 heavy (non-hydrogen) atoms. The summed E-state index contributed by atoms with van der Waals surface area (Å²) in [5.74, 6) is 3.76. The number of aliphatic hydroxyl groups excluding tert-OH is 1. The highest BCUT2D eigenvalue weighted by molar-refractivity contribution is 5.07. The molecule has 1 heteroatoms. The van der Waals surface area contributed by atoms with Gasteiger partial charge in [0.2, 0.25) is 0 Å². The van der Waals surface area contributed by atoms with E-state index in [-0.39, 0.29) is 6.10 Å². The van der Waals surface area contributed by atoms with Crippen LogP contribution in [0.1, 0.15) is 78.1 Å².